The number of benzene rings is 1. The first kappa shape index (κ1) is 34.5. The number of anilines is 1. The van der Waals surface area contributed by atoms with Gasteiger partial charge in [0.2, 0.25) is 0 Å². The number of nitrogens with zero attached hydrogens (tertiary/aromatic N) is 2. The highest BCUT2D eigenvalue weighted by Crippen LogP contribution is 2.35. The Balaban J connectivity index is 0.000000642. The molecule has 2 heterocycles. The fourth-order valence-electron chi connectivity index (χ4n) is 5.14. The molecule has 0 bridgehead atoms. The molecule has 0 radical (unpaired) electrons. The molecule has 7 heteroatoms. The van der Waals surface area contributed by atoms with Crippen molar-refractivity contribution in [2.45, 2.75) is 131 Å². The lowest BCUT2D eigenvalue weighted by atomic mass is 9.93. The lowest BCUT2D eigenvalue weighted by Crippen LogP contribution is -2.22. The number of carbonyl (C=O) groups excluding carboxylic acids is 1. The lowest BCUT2D eigenvalue weighted by Gasteiger charge is -2.22. The highest BCUT2D eigenvalue weighted by atomic mass is 16.5. The molecule has 1 aromatic carbocycles. The predicted octanol–water partition coefficient (Wildman–Crippen LogP) is 8.47. The summed E-state index contributed by atoms with van der Waals surface area (Å²) in [5.41, 5.74) is 5.97. The van der Waals surface area contributed by atoms with E-state index in [4.69, 9.17) is 19.7 Å². The molecule has 3 rings (SSSR count). The highest BCUT2D eigenvalue weighted by molar-refractivity contribution is 5.71. The van der Waals surface area contributed by atoms with Crippen LogP contribution in [0, 0.1) is 0 Å². The number of unbranched alkanes of at least 4 members (excludes halogenated alkanes) is 4. The van der Waals surface area contributed by atoms with Crippen LogP contribution in [0.2, 0.25) is 0 Å². The van der Waals surface area contributed by atoms with E-state index in [0.717, 1.165) is 73.5 Å². The van der Waals surface area contributed by atoms with Gasteiger partial charge in [0.15, 0.2) is 5.82 Å². The highest BCUT2D eigenvalue weighted by Gasteiger charge is 2.22. The van der Waals surface area contributed by atoms with E-state index >= 15 is 0 Å². The summed E-state index contributed by atoms with van der Waals surface area (Å²) in [5, 5.41) is 13.4. The molecule has 1 atom stereocenters. The van der Waals surface area contributed by atoms with Crippen molar-refractivity contribution in [2.24, 2.45) is 0 Å². The van der Waals surface area contributed by atoms with Crippen LogP contribution in [0.25, 0.3) is 11.3 Å². The zero-order valence-corrected chi connectivity index (χ0v) is 26.7. The van der Waals surface area contributed by atoms with Gasteiger partial charge in [0, 0.05) is 30.2 Å². The Labute approximate surface area is 249 Å². The average Bonchev–Trinajstić information content (AvgIpc) is 3.07. The average molecular weight is 570 g/mol. The van der Waals surface area contributed by atoms with Crippen molar-refractivity contribution < 1.29 is 19.0 Å². The molecule has 1 aliphatic rings. The summed E-state index contributed by atoms with van der Waals surface area (Å²) >= 11 is 0. The summed E-state index contributed by atoms with van der Waals surface area (Å²) in [6.45, 7) is 12.4. The van der Waals surface area contributed by atoms with Crippen molar-refractivity contribution in [3.8, 4) is 17.0 Å². The summed E-state index contributed by atoms with van der Waals surface area (Å²) < 4.78 is 16.1. The minimum absolute atomic E-state index is 0.0880. The van der Waals surface area contributed by atoms with E-state index in [1.54, 1.807) is 7.11 Å². The van der Waals surface area contributed by atoms with Gasteiger partial charge < -0.3 is 19.5 Å². The fraction of sp³-hybridized carbons (Fsp3) is 0.676. The molecular formula is C34H55N3O4. The van der Waals surface area contributed by atoms with E-state index in [1.807, 2.05) is 19.9 Å². The fourth-order valence-corrected chi connectivity index (χ4v) is 5.14. The van der Waals surface area contributed by atoms with E-state index in [-0.39, 0.29) is 5.97 Å². The minimum atomic E-state index is -0.0880. The maximum Gasteiger partial charge on any atom is 0.305 e. The molecule has 0 saturated heterocycles. The Morgan fingerprint density at radius 2 is 1.83 bits per heavy atom. The van der Waals surface area contributed by atoms with Gasteiger partial charge >= 0.3 is 5.97 Å². The number of carbonyl (C=O) groups is 1. The zero-order chi connectivity index (χ0) is 29.9. The van der Waals surface area contributed by atoms with Crippen molar-refractivity contribution >= 4 is 11.8 Å². The number of aromatic nitrogens is 2. The Morgan fingerprint density at radius 1 is 1.02 bits per heavy atom. The molecule has 1 aromatic heterocycles. The van der Waals surface area contributed by atoms with Crippen LogP contribution in [-0.4, -0.2) is 42.5 Å². The number of fused-ring (bicyclic) bond motifs is 3. The van der Waals surface area contributed by atoms with Crippen molar-refractivity contribution in [1.82, 2.24) is 10.2 Å². The number of hydrogen-bond acceptors (Lipinski definition) is 7. The summed E-state index contributed by atoms with van der Waals surface area (Å²) in [7, 11) is 1.71. The SMILES string of the molecule is CCCC(=O)OCC.CCCCCC[C@H](CC)Nc1nnc2c(c1CCCC)CCCOCc1cc(OC)ccc1-2. The van der Waals surface area contributed by atoms with Gasteiger partial charge in [0.05, 0.1) is 26.0 Å². The summed E-state index contributed by atoms with van der Waals surface area (Å²) in [6, 6.07) is 6.66. The second-order valence-corrected chi connectivity index (χ2v) is 10.8. The second-order valence-electron chi connectivity index (χ2n) is 10.8. The minimum Gasteiger partial charge on any atom is -0.497 e. The number of methoxy groups -OCH3 is 1. The second kappa shape index (κ2) is 20.2. The van der Waals surface area contributed by atoms with Crippen molar-refractivity contribution in [3.63, 3.8) is 0 Å². The van der Waals surface area contributed by atoms with Crippen LogP contribution in [-0.2, 0) is 33.7 Å². The summed E-state index contributed by atoms with van der Waals surface area (Å²) in [6.07, 6.45) is 14.2. The number of ether oxygens (including phenoxy) is 3. The van der Waals surface area contributed by atoms with Gasteiger partial charge in [-0.15, -0.1) is 10.2 Å². The quantitative estimate of drug-likeness (QED) is 0.170. The monoisotopic (exact) mass is 569 g/mol. The Bertz CT molecular complexity index is 1020. The largest absolute Gasteiger partial charge is 0.497 e. The molecule has 0 fully saturated rings. The zero-order valence-electron chi connectivity index (χ0n) is 26.7. The van der Waals surface area contributed by atoms with Crippen LogP contribution in [0.3, 0.4) is 0 Å². The third kappa shape index (κ3) is 11.6. The molecule has 0 aliphatic carbocycles. The van der Waals surface area contributed by atoms with Crippen molar-refractivity contribution in [2.75, 3.05) is 25.6 Å². The smallest absolute Gasteiger partial charge is 0.305 e. The van der Waals surface area contributed by atoms with Crippen LogP contribution < -0.4 is 10.1 Å². The Kier molecular flexibility index (Phi) is 17.1. The van der Waals surface area contributed by atoms with E-state index in [0.29, 0.717) is 25.7 Å². The molecule has 230 valence electrons. The van der Waals surface area contributed by atoms with Crippen molar-refractivity contribution in [1.29, 1.82) is 0 Å². The molecule has 7 nitrogen and oxygen atoms in total. The predicted molar refractivity (Wildman–Crippen MR) is 169 cm³/mol. The topological polar surface area (TPSA) is 82.6 Å². The standard InChI is InChI=1S/C28H43N3O2.C6H12O2/c1-5-8-10-11-13-22(7-3)29-28-26(14-9-6-2)25-15-12-18-33-20-21-19-23(32-4)16-17-24(21)27(25)30-31-28;1-3-5-6(7)8-4-2/h16-17,19,22H,5-15,18,20H2,1-4H3,(H,29,31);3-5H2,1-2H3/t22-;/m0./s1. The molecule has 41 heavy (non-hydrogen) atoms. The van der Waals surface area contributed by atoms with E-state index in [1.165, 1.54) is 49.7 Å². The van der Waals surface area contributed by atoms with Gasteiger partial charge in [0.1, 0.15) is 5.75 Å². The lowest BCUT2D eigenvalue weighted by molar-refractivity contribution is -0.143. The first-order chi connectivity index (χ1) is 20.0. The molecule has 0 spiro atoms. The van der Waals surface area contributed by atoms with Crippen LogP contribution in [0.5, 0.6) is 5.75 Å². The van der Waals surface area contributed by atoms with Crippen molar-refractivity contribution in [3.05, 3.63) is 34.9 Å². The molecule has 0 unspecified atom stereocenters. The number of nitrogens with one attached hydrogen (secondary N) is 1. The van der Waals surface area contributed by atoms with Crippen LogP contribution in [0.1, 0.15) is 122 Å². The number of rotatable bonds is 15. The van der Waals surface area contributed by atoms with Crippen LogP contribution >= 0.6 is 0 Å². The van der Waals surface area contributed by atoms with Gasteiger partial charge in [-0.05, 0) is 81.2 Å². The van der Waals surface area contributed by atoms with E-state index < -0.39 is 0 Å². The van der Waals surface area contributed by atoms with Crippen LogP contribution in [0.15, 0.2) is 18.2 Å². The Morgan fingerprint density at radius 3 is 2.51 bits per heavy atom. The van der Waals surface area contributed by atoms with Gasteiger partial charge in [-0.25, -0.2) is 0 Å². The summed E-state index contributed by atoms with van der Waals surface area (Å²) in [4.78, 5) is 10.4. The molecule has 0 saturated carbocycles. The van der Waals surface area contributed by atoms with Gasteiger partial charge in [0.25, 0.3) is 0 Å². The van der Waals surface area contributed by atoms with E-state index in [2.05, 4.69) is 43.0 Å². The van der Waals surface area contributed by atoms with Gasteiger partial charge in [-0.1, -0.05) is 59.8 Å². The normalized spacial score (nSPS) is 13.3. The first-order valence-corrected chi connectivity index (χ1v) is 16.1. The first-order valence-electron chi connectivity index (χ1n) is 16.1. The van der Waals surface area contributed by atoms with Crippen LogP contribution in [0.4, 0.5) is 5.82 Å². The molecule has 2 aromatic rings. The maximum absolute atomic E-state index is 10.4. The van der Waals surface area contributed by atoms with E-state index in [9.17, 15) is 4.79 Å². The maximum atomic E-state index is 10.4. The third-order valence-corrected chi connectivity index (χ3v) is 7.51. The van der Waals surface area contributed by atoms with Gasteiger partial charge in [-0.2, -0.15) is 0 Å². The molecule has 1 N–H and O–H groups in total. The van der Waals surface area contributed by atoms with Gasteiger partial charge in [-0.3, -0.25) is 4.79 Å². The Hall–Kier alpha value is -2.67. The number of hydrogen-bond donors (Lipinski definition) is 1. The summed E-state index contributed by atoms with van der Waals surface area (Å²) in [5.74, 6) is 1.76. The molecular weight excluding hydrogens is 514 g/mol. The number of esters is 1. The molecule has 0 amide bonds. The molecule has 1 aliphatic heterocycles. The third-order valence-electron chi connectivity index (χ3n) is 7.51.